The molecule has 106 valence electrons. The van der Waals surface area contributed by atoms with E-state index in [1.807, 2.05) is 6.92 Å². The number of carboxylic acid groups (broad SMARTS) is 1. The van der Waals surface area contributed by atoms with E-state index in [1.54, 1.807) is 0 Å². The smallest absolute Gasteiger partial charge is 0.310 e. The van der Waals surface area contributed by atoms with Gasteiger partial charge in [-0.1, -0.05) is 38.3 Å². The summed E-state index contributed by atoms with van der Waals surface area (Å²) in [4.78, 5) is 15.9. The zero-order chi connectivity index (χ0) is 13.9. The van der Waals surface area contributed by atoms with Crippen molar-refractivity contribution in [1.29, 1.82) is 0 Å². The summed E-state index contributed by atoms with van der Waals surface area (Å²) in [6, 6.07) is 0. The van der Waals surface area contributed by atoms with E-state index in [1.165, 1.54) is 0 Å². The molecule has 1 aliphatic carbocycles. The lowest BCUT2D eigenvalue weighted by molar-refractivity contribution is -0.151. The van der Waals surface area contributed by atoms with Gasteiger partial charge < -0.3 is 9.63 Å². The van der Waals surface area contributed by atoms with Gasteiger partial charge in [-0.3, -0.25) is 4.79 Å². The molecule has 1 atom stereocenters. The van der Waals surface area contributed by atoms with Crippen molar-refractivity contribution < 1.29 is 14.4 Å². The Morgan fingerprint density at radius 2 is 2.11 bits per heavy atom. The topological polar surface area (TPSA) is 76.2 Å². The minimum Gasteiger partial charge on any atom is -0.481 e. The number of aromatic nitrogens is 2. The average Bonchev–Trinajstić information content (AvgIpc) is 2.87. The zero-order valence-electron chi connectivity index (χ0n) is 11.7. The van der Waals surface area contributed by atoms with Gasteiger partial charge in [0.05, 0.1) is 5.41 Å². The lowest BCUT2D eigenvalue weighted by atomic mass is 9.72. The van der Waals surface area contributed by atoms with Gasteiger partial charge in [-0.05, 0) is 19.3 Å². The summed E-state index contributed by atoms with van der Waals surface area (Å²) in [7, 11) is 0. The molecule has 19 heavy (non-hydrogen) atoms. The predicted octanol–water partition coefficient (Wildman–Crippen LogP) is 3.16. The van der Waals surface area contributed by atoms with Gasteiger partial charge in [-0.25, -0.2) is 0 Å². The number of carboxylic acids is 1. The quantitative estimate of drug-likeness (QED) is 0.885. The van der Waals surface area contributed by atoms with Crippen LogP contribution in [0.25, 0.3) is 0 Å². The minimum atomic E-state index is -0.726. The number of rotatable bonds is 5. The molecule has 1 aromatic heterocycles. The molecule has 1 saturated carbocycles. The second kappa shape index (κ2) is 5.72. The first kappa shape index (κ1) is 14.0. The van der Waals surface area contributed by atoms with Crippen LogP contribution in [0.5, 0.6) is 0 Å². The van der Waals surface area contributed by atoms with E-state index in [0.29, 0.717) is 31.0 Å². The summed E-state index contributed by atoms with van der Waals surface area (Å²) in [5, 5.41) is 13.5. The van der Waals surface area contributed by atoms with Gasteiger partial charge in [0.2, 0.25) is 5.89 Å². The molecular formula is C14H22N2O3. The Morgan fingerprint density at radius 1 is 1.42 bits per heavy atom. The first-order chi connectivity index (χ1) is 9.07. The molecule has 0 spiro atoms. The van der Waals surface area contributed by atoms with Crippen molar-refractivity contribution in [2.24, 2.45) is 5.41 Å². The first-order valence-corrected chi connectivity index (χ1v) is 7.13. The fourth-order valence-corrected chi connectivity index (χ4v) is 2.71. The third-order valence-corrected chi connectivity index (χ3v) is 4.29. The predicted molar refractivity (Wildman–Crippen MR) is 69.9 cm³/mol. The molecule has 0 aromatic carbocycles. The largest absolute Gasteiger partial charge is 0.481 e. The summed E-state index contributed by atoms with van der Waals surface area (Å²) < 4.78 is 5.24. The maximum Gasteiger partial charge on any atom is 0.310 e. The van der Waals surface area contributed by atoms with Crippen LogP contribution >= 0.6 is 0 Å². The van der Waals surface area contributed by atoms with Crippen LogP contribution in [0.15, 0.2) is 4.52 Å². The van der Waals surface area contributed by atoms with Gasteiger partial charge in [0.1, 0.15) is 0 Å². The van der Waals surface area contributed by atoms with Crippen molar-refractivity contribution in [3.8, 4) is 0 Å². The van der Waals surface area contributed by atoms with E-state index in [-0.39, 0.29) is 5.92 Å². The Hall–Kier alpha value is -1.39. The average molecular weight is 266 g/mol. The number of hydrogen-bond acceptors (Lipinski definition) is 4. The molecule has 0 aliphatic heterocycles. The fourth-order valence-electron chi connectivity index (χ4n) is 2.71. The third-order valence-electron chi connectivity index (χ3n) is 4.29. The molecule has 5 nitrogen and oxygen atoms in total. The van der Waals surface area contributed by atoms with Gasteiger partial charge >= 0.3 is 5.97 Å². The molecule has 1 heterocycles. The van der Waals surface area contributed by atoms with E-state index < -0.39 is 11.4 Å². The molecule has 0 saturated heterocycles. The summed E-state index contributed by atoms with van der Waals surface area (Å²) >= 11 is 0. The Labute approximate surface area is 113 Å². The number of carbonyl (C=O) groups is 1. The number of aliphatic carboxylic acids is 1. The van der Waals surface area contributed by atoms with Crippen LogP contribution in [0, 0.1) is 5.41 Å². The normalized spacial score (nSPS) is 20.1. The molecule has 1 aliphatic rings. The Morgan fingerprint density at radius 3 is 2.68 bits per heavy atom. The van der Waals surface area contributed by atoms with E-state index >= 15 is 0 Å². The fraction of sp³-hybridized carbons (Fsp3) is 0.786. The second-order valence-corrected chi connectivity index (χ2v) is 5.68. The van der Waals surface area contributed by atoms with Crippen LogP contribution in [0.1, 0.15) is 70.0 Å². The molecule has 5 heteroatoms. The van der Waals surface area contributed by atoms with E-state index in [9.17, 15) is 9.90 Å². The Balaban J connectivity index is 2.13. The van der Waals surface area contributed by atoms with E-state index in [2.05, 4.69) is 17.1 Å². The van der Waals surface area contributed by atoms with Gasteiger partial charge in [0.15, 0.2) is 5.82 Å². The standard InChI is InChI=1S/C14H22N2O3/c1-3-10(2)12-15-11(19-16-12)9-14(13(17)18)7-5-4-6-8-14/h10H,3-9H2,1-2H3,(H,17,18). The maximum atomic E-state index is 11.6. The van der Waals surface area contributed by atoms with Crippen LogP contribution in [0.2, 0.25) is 0 Å². The van der Waals surface area contributed by atoms with E-state index in [4.69, 9.17) is 4.52 Å². The van der Waals surface area contributed by atoms with Crippen LogP contribution in [0.3, 0.4) is 0 Å². The lowest BCUT2D eigenvalue weighted by Gasteiger charge is -2.31. The molecule has 0 bridgehead atoms. The van der Waals surface area contributed by atoms with Crippen molar-refractivity contribution in [2.45, 2.75) is 64.7 Å². The highest BCUT2D eigenvalue weighted by Gasteiger charge is 2.41. The van der Waals surface area contributed by atoms with Gasteiger partial charge in [-0.15, -0.1) is 0 Å². The first-order valence-electron chi connectivity index (χ1n) is 7.13. The number of hydrogen-bond donors (Lipinski definition) is 1. The molecule has 2 rings (SSSR count). The molecule has 1 aromatic rings. The Kier molecular flexibility index (Phi) is 4.22. The van der Waals surface area contributed by atoms with Crippen LogP contribution in [-0.2, 0) is 11.2 Å². The summed E-state index contributed by atoms with van der Waals surface area (Å²) in [5.74, 6) is 0.688. The third kappa shape index (κ3) is 2.96. The number of nitrogens with zero attached hydrogens (tertiary/aromatic N) is 2. The molecule has 1 fully saturated rings. The van der Waals surface area contributed by atoms with Gasteiger partial charge in [-0.2, -0.15) is 4.98 Å². The summed E-state index contributed by atoms with van der Waals surface area (Å²) in [5.41, 5.74) is -0.697. The zero-order valence-corrected chi connectivity index (χ0v) is 11.7. The second-order valence-electron chi connectivity index (χ2n) is 5.68. The molecule has 0 radical (unpaired) electrons. The van der Waals surface area contributed by atoms with E-state index in [0.717, 1.165) is 25.7 Å². The van der Waals surface area contributed by atoms with Crippen molar-refractivity contribution in [3.63, 3.8) is 0 Å². The highest BCUT2D eigenvalue weighted by Crippen LogP contribution is 2.39. The SMILES string of the molecule is CCC(C)c1noc(CC2(C(=O)O)CCCCC2)n1. The van der Waals surface area contributed by atoms with Gasteiger partial charge in [0, 0.05) is 12.3 Å². The van der Waals surface area contributed by atoms with Crippen molar-refractivity contribution in [1.82, 2.24) is 10.1 Å². The van der Waals surface area contributed by atoms with Crippen LogP contribution in [-0.4, -0.2) is 21.2 Å². The molecule has 1 unspecified atom stereocenters. The monoisotopic (exact) mass is 266 g/mol. The van der Waals surface area contributed by atoms with Gasteiger partial charge in [0.25, 0.3) is 0 Å². The summed E-state index contributed by atoms with van der Waals surface area (Å²) in [6.07, 6.45) is 5.80. The molecule has 1 N–H and O–H groups in total. The van der Waals surface area contributed by atoms with Crippen molar-refractivity contribution in [3.05, 3.63) is 11.7 Å². The van der Waals surface area contributed by atoms with Crippen molar-refractivity contribution >= 4 is 5.97 Å². The van der Waals surface area contributed by atoms with Crippen molar-refractivity contribution in [2.75, 3.05) is 0 Å². The minimum absolute atomic E-state index is 0.254. The summed E-state index contributed by atoms with van der Waals surface area (Å²) in [6.45, 7) is 4.11. The maximum absolute atomic E-state index is 11.6. The molecular weight excluding hydrogens is 244 g/mol. The lowest BCUT2D eigenvalue weighted by Crippen LogP contribution is -2.35. The highest BCUT2D eigenvalue weighted by atomic mass is 16.5. The van der Waals surface area contributed by atoms with Crippen LogP contribution in [0.4, 0.5) is 0 Å². The Bertz CT molecular complexity index is 436. The molecule has 0 amide bonds. The van der Waals surface area contributed by atoms with Crippen LogP contribution < -0.4 is 0 Å². The highest BCUT2D eigenvalue weighted by molar-refractivity contribution is 5.75.